The third-order valence-corrected chi connectivity index (χ3v) is 5.94. The second-order valence-corrected chi connectivity index (χ2v) is 7.15. The van der Waals surface area contributed by atoms with Gasteiger partial charge in [0, 0.05) is 0 Å². The Bertz CT molecular complexity index is 306. The highest BCUT2D eigenvalue weighted by molar-refractivity contribution is 5.11. The average molecular weight is 224 g/mol. The van der Waals surface area contributed by atoms with Crippen LogP contribution < -0.4 is 0 Å². The minimum atomic E-state index is 0.0440. The van der Waals surface area contributed by atoms with Crippen LogP contribution in [0.2, 0.25) is 0 Å². The molecule has 1 saturated heterocycles. The van der Waals surface area contributed by atoms with Crippen molar-refractivity contribution in [1.82, 2.24) is 0 Å². The van der Waals surface area contributed by atoms with Crippen molar-refractivity contribution in [2.24, 2.45) is 16.7 Å². The van der Waals surface area contributed by atoms with E-state index in [-0.39, 0.29) is 5.60 Å². The van der Waals surface area contributed by atoms with E-state index in [0.29, 0.717) is 16.9 Å². The number of rotatable bonds is 3. The van der Waals surface area contributed by atoms with Gasteiger partial charge in [-0.1, -0.05) is 20.8 Å². The fraction of sp³-hybridized carbons (Fsp3) is 1.00. The summed E-state index contributed by atoms with van der Waals surface area (Å²) in [5.41, 5.74) is 0.897. The van der Waals surface area contributed by atoms with Crippen LogP contribution in [-0.2, 0) is 9.47 Å². The molecule has 3 aliphatic rings. The topological polar surface area (TPSA) is 21.8 Å². The molecule has 1 aliphatic heterocycles. The lowest BCUT2D eigenvalue weighted by Gasteiger charge is -2.39. The third-order valence-electron chi connectivity index (χ3n) is 5.94. The maximum atomic E-state index is 6.18. The molecule has 3 rings (SSSR count). The van der Waals surface area contributed by atoms with E-state index in [1.54, 1.807) is 0 Å². The molecule has 0 aromatic carbocycles. The molecule has 0 aromatic rings. The van der Waals surface area contributed by atoms with Crippen LogP contribution in [0.15, 0.2) is 0 Å². The molecule has 4 atom stereocenters. The zero-order valence-electron chi connectivity index (χ0n) is 11.0. The Morgan fingerprint density at radius 1 is 1.25 bits per heavy atom. The van der Waals surface area contributed by atoms with Gasteiger partial charge in [-0.3, -0.25) is 0 Å². The lowest BCUT2D eigenvalue weighted by Crippen LogP contribution is -2.38. The van der Waals surface area contributed by atoms with E-state index in [1.807, 2.05) is 0 Å². The number of epoxide rings is 1. The first-order chi connectivity index (χ1) is 7.37. The molecule has 2 aliphatic carbocycles. The second-order valence-electron chi connectivity index (χ2n) is 7.15. The molecular weight excluding hydrogens is 200 g/mol. The van der Waals surface area contributed by atoms with Gasteiger partial charge >= 0.3 is 0 Å². The summed E-state index contributed by atoms with van der Waals surface area (Å²) in [7, 11) is 0. The molecule has 0 radical (unpaired) electrons. The van der Waals surface area contributed by atoms with Gasteiger partial charge in [0.15, 0.2) is 0 Å². The molecule has 2 heteroatoms. The molecule has 1 heterocycles. The van der Waals surface area contributed by atoms with Gasteiger partial charge in [-0.05, 0) is 42.9 Å². The van der Waals surface area contributed by atoms with E-state index in [1.165, 1.54) is 19.3 Å². The SMILES string of the molecule is CC1(COC2CC3CCC2(C)C3(C)C)CO1. The van der Waals surface area contributed by atoms with E-state index in [2.05, 4.69) is 27.7 Å². The van der Waals surface area contributed by atoms with Crippen LogP contribution >= 0.6 is 0 Å². The van der Waals surface area contributed by atoms with Crippen molar-refractivity contribution >= 4 is 0 Å². The first-order valence-corrected chi connectivity index (χ1v) is 6.63. The van der Waals surface area contributed by atoms with Crippen molar-refractivity contribution in [2.45, 2.75) is 58.7 Å². The Hall–Kier alpha value is -0.0800. The van der Waals surface area contributed by atoms with E-state index >= 15 is 0 Å². The van der Waals surface area contributed by atoms with Crippen molar-refractivity contribution in [3.63, 3.8) is 0 Å². The fourth-order valence-electron chi connectivity index (χ4n) is 3.87. The minimum Gasteiger partial charge on any atom is -0.375 e. The van der Waals surface area contributed by atoms with Crippen molar-refractivity contribution < 1.29 is 9.47 Å². The van der Waals surface area contributed by atoms with E-state index in [9.17, 15) is 0 Å². The van der Waals surface area contributed by atoms with Crippen molar-refractivity contribution in [3.05, 3.63) is 0 Å². The molecule has 0 aromatic heterocycles. The molecule has 92 valence electrons. The van der Waals surface area contributed by atoms with Crippen molar-refractivity contribution in [2.75, 3.05) is 13.2 Å². The molecule has 4 unspecified atom stereocenters. The van der Waals surface area contributed by atoms with Gasteiger partial charge < -0.3 is 9.47 Å². The predicted molar refractivity (Wildman–Crippen MR) is 63.3 cm³/mol. The molecule has 16 heavy (non-hydrogen) atoms. The van der Waals surface area contributed by atoms with E-state index < -0.39 is 0 Å². The summed E-state index contributed by atoms with van der Waals surface area (Å²) in [6.07, 6.45) is 4.46. The van der Waals surface area contributed by atoms with Crippen molar-refractivity contribution in [3.8, 4) is 0 Å². The average Bonchev–Trinajstić information content (AvgIpc) is 2.86. The Labute approximate surface area is 98.7 Å². The summed E-state index contributed by atoms with van der Waals surface area (Å²) in [6.45, 7) is 11.1. The largest absolute Gasteiger partial charge is 0.375 e. The predicted octanol–water partition coefficient (Wildman–Crippen LogP) is 3.01. The monoisotopic (exact) mass is 224 g/mol. The Balaban J connectivity index is 1.69. The van der Waals surface area contributed by atoms with Crippen LogP contribution in [0.25, 0.3) is 0 Å². The molecule has 0 N–H and O–H groups in total. The van der Waals surface area contributed by atoms with Crippen molar-refractivity contribution in [1.29, 1.82) is 0 Å². The second kappa shape index (κ2) is 3.02. The van der Waals surface area contributed by atoms with Gasteiger partial charge in [0.25, 0.3) is 0 Å². The number of ether oxygens (including phenoxy) is 2. The molecule has 2 bridgehead atoms. The van der Waals surface area contributed by atoms with E-state index in [0.717, 1.165) is 19.1 Å². The lowest BCUT2D eigenvalue weighted by atomic mass is 9.70. The van der Waals surface area contributed by atoms with E-state index in [4.69, 9.17) is 9.47 Å². The van der Waals surface area contributed by atoms with Gasteiger partial charge in [-0.2, -0.15) is 0 Å². The quantitative estimate of drug-likeness (QED) is 0.687. The molecule has 2 nitrogen and oxygen atoms in total. The molecular formula is C14H24O2. The molecule has 0 spiro atoms. The Morgan fingerprint density at radius 2 is 1.94 bits per heavy atom. The maximum absolute atomic E-state index is 6.18. The summed E-state index contributed by atoms with van der Waals surface area (Å²) in [6, 6.07) is 0. The summed E-state index contributed by atoms with van der Waals surface area (Å²) < 4.78 is 11.6. The summed E-state index contributed by atoms with van der Waals surface area (Å²) >= 11 is 0. The molecule has 3 fully saturated rings. The highest BCUT2D eigenvalue weighted by atomic mass is 16.6. The first-order valence-electron chi connectivity index (χ1n) is 6.63. The number of hydrogen-bond acceptors (Lipinski definition) is 2. The highest BCUT2D eigenvalue weighted by Gasteiger charge is 2.62. The van der Waals surface area contributed by atoms with Gasteiger partial charge in [0.1, 0.15) is 5.60 Å². The minimum absolute atomic E-state index is 0.0440. The summed E-state index contributed by atoms with van der Waals surface area (Å²) in [4.78, 5) is 0. The normalized spacial score (nSPS) is 53.2. The van der Waals surface area contributed by atoms with Crippen LogP contribution in [0.3, 0.4) is 0 Å². The zero-order chi connectivity index (χ0) is 11.6. The summed E-state index contributed by atoms with van der Waals surface area (Å²) in [5, 5.41) is 0. The number of fused-ring (bicyclic) bond motifs is 2. The fourth-order valence-corrected chi connectivity index (χ4v) is 3.87. The standard InChI is InChI=1S/C14H24O2/c1-12(2)10-5-6-14(12,4)11(7-10)15-8-13(3)9-16-13/h10-11H,5-9H2,1-4H3. The van der Waals surface area contributed by atoms with Crippen LogP contribution in [0.4, 0.5) is 0 Å². The van der Waals surface area contributed by atoms with Crippen LogP contribution in [0.1, 0.15) is 47.0 Å². The van der Waals surface area contributed by atoms with Gasteiger partial charge in [-0.15, -0.1) is 0 Å². The van der Waals surface area contributed by atoms with Crippen LogP contribution in [0, 0.1) is 16.7 Å². The Kier molecular flexibility index (Phi) is 2.09. The van der Waals surface area contributed by atoms with Crippen LogP contribution in [0.5, 0.6) is 0 Å². The Morgan fingerprint density at radius 3 is 2.38 bits per heavy atom. The molecule has 0 amide bonds. The first kappa shape index (κ1) is 11.0. The van der Waals surface area contributed by atoms with Crippen LogP contribution in [-0.4, -0.2) is 24.9 Å². The van der Waals surface area contributed by atoms with Gasteiger partial charge in [0.05, 0.1) is 19.3 Å². The maximum Gasteiger partial charge on any atom is 0.112 e. The zero-order valence-corrected chi connectivity index (χ0v) is 11.0. The van der Waals surface area contributed by atoms with Gasteiger partial charge in [0.2, 0.25) is 0 Å². The smallest absolute Gasteiger partial charge is 0.112 e. The van der Waals surface area contributed by atoms with Gasteiger partial charge in [-0.25, -0.2) is 0 Å². The summed E-state index contributed by atoms with van der Waals surface area (Å²) in [5.74, 6) is 0.871. The number of hydrogen-bond donors (Lipinski definition) is 0. The highest BCUT2D eigenvalue weighted by Crippen LogP contribution is 2.66. The molecule has 2 saturated carbocycles. The third kappa shape index (κ3) is 1.32. The lowest BCUT2D eigenvalue weighted by molar-refractivity contribution is -0.0611.